The van der Waals surface area contributed by atoms with Crippen molar-refractivity contribution in [2.75, 3.05) is 127 Å². The summed E-state index contributed by atoms with van der Waals surface area (Å²) < 4.78 is 84.9. The van der Waals surface area contributed by atoms with Gasteiger partial charge >= 0.3 is 59.7 Å². The van der Waals surface area contributed by atoms with E-state index in [9.17, 15) is 58.2 Å². The van der Waals surface area contributed by atoms with Crippen molar-refractivity contribution < 1.29 is 134 Å². The van der Waals surface area contributed by atoms with Crippen molar-refractivity contribution in [1.82, 2.24) is 0 Å². The zero-order valence-electron chi connectivity index (χ0n) is 88.4. The summed E-state index contributed by atoms with van der Waals surface area (Å²) in [6.07, 6.45) is -0.764. The summed E-state index contributed by atoms with van der Waals surface area (Å²) in [5.41, 5.74) is 7.59. The average molecular weight is 2040 g/mol. The van der Waals surface area contributed by atoms with Crippen LogP contribution in [0.1, 0.15) is 247 Å². The number of benzene rings is 6. The molecule has 0 aromatic heterocycles. The van der Waals surface area contributed by atoms with Crippen molar-refractivity contribution in [3.8, 4) is 0 Å². The highest BCUT2D eigenvalue weighted by molar-refractivity contribution is 9.10. The number of methoxy groups -OCH3 is 2. The van der Waals surface area contributed by atoms with Crippen molar-refractivity contribution >= 4 is 75.6 Å². The van der Waals surface area contributed by atoms with E-state index < -0.39 is 17.0 Å². The molecule has 0 spiro atoms. The van der Waals surface area contributed by atoms with Crippen molar-refractivity contribution in [3.63, 3.8) is 0 Å². The average Bonchev–Trinajstić information content (AvgIpc) is 0.873. The van der Waals surface area contributed by atoms with Crippen LogP contribution in [-0.4, -0.2) is 213 Å². The number of hydrogen-bond acceptors (Lipinski definition) is 28. The Morgan fingerprint density at radius 3 is 0.936 bits per heavy atom. The summed E-state index contributed by atoms with van der Waals surface area (Å²) >= 11 is 3.42. The largest absolute Gasteiger partial charge is 0.465 e. The third-order valence-electron chi connectivity index (χ3n) is 21.2. The molecule has 790 valence electrons. The molecule has 0 aliphatic rings. The van der Waals surface area contributed by atoms with Gasteiger partial charge in [-0.2, -0.15) is 0 Å². The molecule has 15 atom stereocenters. The van der Waals surface area contributed by atoms with Crippen LogP contribution in [0.5, 0.6) is 0 Å². The number of alkyl halides is 1. The standard InChI is InChI=1S/2C21H32O6.C18H25BrO4.C18H28O4.C17H26O4.C17H24O4/c1-15(2)21(24)27-14-19(11-22)25-12-16(3)13-26-20(23)10-17(4)18-8-6-5-7-9-18;1-15(2)21(24)27-14-19(22)13-25-11-16(3)12-26-20(23)10-17(4)18-8-6-5-7-9-18;1-12(2)17(20)22-10-13(3)11-23-18(21)16(19)14(4)15-8-6-5-7-9-15;1-13(2)18(19)22-11-14(3)10-21-12-16-6-8-17(9-7-16)15(4)20-5;1-13(2)17(18)21-11-14(3)10-20-12-16(19-4)15-8-6-5-7-9-15;1-12(2)16(18)20-10-13(3)11-21-17(19)14(4)15-8-6-5-7-9-15/h2*5-9,15-17,19,22H,10-14H2,1-4H3;5-9,12-14,16H,10-11H2,1-4H3;6-9,13-15H,10-12H2,1-5H3;5-9,13-14,16H,10-12H2,1-4H3;5-9,12-14H,10-11H2,1-4H3. The van der Waals surface area contributed by atoms with Gasteiger partial charge in [-0.3, -0.25) is 47.9 Å². The topological polar surface area (TPSA) is 359 Å². The van der Waals surface area contributed by atoms with Crippen molar-refractivity contribution in [1.29, 1.82) is 0 Å². The van der Waals surface area contributed by atoms with Gasteiger partial charge in [0.05, 0.1) is 166 Å². The van der Waals surface area contributed by atoms with Crippen LogP contribution in [0, 0.1) is 71.0 Å². The maximum absolute atomic E-state index is 12.1. The van der Waals surface area contributed by atoms with E-state index in [2.05, 4.69) is 28.1 Å². The Balaban J connectivity index is 0.000000848. The fourth-order valence-electron chi connectivity index (χ4n) is 11.7. The normalized spacial score (nSPS) is 14.2. The molecule has 141 heavy (non-hydrogen) atoms. The zero-order valence-corrected chi connectivity index (χ0v) is 90.0. The van der Waals surface area contributed by atoms with Gasteiger partial charge in [0.1, 0.15) is 36.4 Å². The van der Waals surface area contributed by atoms with Crippen molar-refractivity contribution in [2.45, 2.75) is 232 Å². The molecule has 0 aliphatic carbocycles. The highest BCUT2D eigenvalue weighted by Gasteiger charge is 2.28. The van der Waals surface area contributed by atoms with Gasteiger partial charge in [-0.1, -0.05) is 337 Å². The Morgan fingerprint density at radius 2 is 0.582 bits per heavy atom. The number of aliphatic hydroxyl groups is 2. The molecule has 15 unspecified atom stereocenters. The van der Waals surface area contributed by atoms with Gasteiger partial charge < -0.3 is 86.0 Å². The minimum absolute atomic E-state index is 0.00592. The fourth-order valence-corrected chi connectivity index (χ4v) is 12.2. The Labute approximate surface area is 848 Å². The molecule has 6 aromatic carbocycles. The molecule has 0 fully saturated rings. The summed E-state index contributed by atoms with van der Waals surface area (Å²) in [6.45, 7) is 47.6. The summed E-state index contributed by atoms with van der Waals surface area (Å²) in [5.74, 6) is -3.22. The van der Waals surface area contributed by atoms with Gasteiger partial charge in [0.15, 0.2) is 0 Å². The van der Waals surface area contributed by atoms with Crippen molar-refractivity contribution in [2.24, 2.45) is 71.0 Å². The predicted molar refractivity (Wildman–Crippen MR) is 547 cm³/mol. The van der Waals surface area contributed by atoms with Crippen LogP contribution < -0.4 is 0 Å². The first-order valence-electron chi connectivity index (χ1n) is 49.2. The lowest BCUT2D eigenvalue weighted by atomic mass is 9.98. The lowest BCUT2D eigenvalue weighted by molar-refractivity contribution is -0.154. The number of hydrogen-bond donors (Lipinski definition) is 2. The third kappa shape index (κ3) is 61.0. The monoisotopic (exact) mass is 2040 g/mol. The number of carbonyl (C=O) groups excluding carboxylic acids is 10. The Morgan fingerprint density at radius 1 is 0.284 bits per heavy atom. The predicted octanol–water partition coefficient (Wildman–Crippen LogP) is 19.9. The molecule has 29 heteroatoms. The molecule has 2 N–H and O–H groups in total. The van der Waals surface area contributed by atoms with E-state index in [4.69, 9.17) is 75.8 Å². The van der Waals surface area contributed by atoms with E-state index in [1.807, 2.05) is 268 Å². The second-order valence-electron chi connectivity index (χ2n) is 37.9. The summed E-state index contributed by atoms with van der Waals surface area (Å²) in [7, 11) is 3.38. The van der Waals surface area contributed by atoms with Gasteiger partial charge in [-0.15, -0.1) is 0 Å². The van der Waals surface area contributed by atoms with E-state index in [-0.39, 0.29) is 233 Å². The molecule has 0 saturated carbocycles. The van der Waals surface area contributed by atoms with Crippen LogP contribution >= 0.6 is 15.9 Å². The first-order valence-corrected chi connectivity index (χ1v) is 50.1. The smallest absolute Gasteiger partial charge is 0.320 e. The minimum atomic E-state index is -0.867. The van der Waals surface area contributed by atoms with Gasteiger partial charge in [-0.05, 0) is 64.6 Å². The maximum atomic E-state index is 12.1. The molecular weight excluding hydrogens is 1870 g/mol. The lowest BCUT2D eigenvalue weighted by Crippen LogP contribution is -2.29. The lowest BCUT2D eigenvalue weighted by Gasteiger charge is -2.19. The zero-order chi connectivity index (χ0) is 106. The molecule has 0 heterocycles. The van der Waals surface area contributed by atoms with E-state index in [1.54, 1.807) is 69.6 Å². The second-order valence-corrected chi connectivity index (χ2v) is 38.9. The molecule has 0 bridgehead atoms. The second kappa shape index (κ2) is 75.9. The van der Waals surface area contributed by atoms with E-state index >= 15 is 0 Å². The van der Waals surface area contributed by atoms with Gasteiger partial charge in [-0.25, -0.2) is 0 Å². The van der Waals surface area contributed by atoms with Crippen molar-refractivity contribution in [3.05, 3.63) is 215 Å². The van der Waals surface area contributed by atoms with E-state index in [0.717, 1.165) is 38.9 Å². The molecule has 6 rings (SSSR count). The van der Waals surface area contributed by atoms with Crippen LogP contribution in [0.15, 0.2) is 176 Å². The Hall–Kier alpha value is -9.82. The van der Waals surface area contributed by atoms with Gasteiger partial charge in [0, 0.05) is 55.6 Å². The summed E-state index contributed by atoms with van der Waals surface area (Å²) in [4.78, 5) is 116. The molecule has 0 radical (unpaired) electrons. The SMILES string of the molecule is CC(COC(=O)C(C)C)COC(=O)C(Br)C(C)c1ccccc1.CC(COC(=O)C(C)C)COC(=O)C(C)c1ccccc1.CC(COC(=O)CC(C)c1ccccc1)COC(CO)COC(=O)C(C)C.CC(COCC(O)COC(=O)C(C)C)COC(=O)CC(C)c1ccccc1.COC(C)c1ccc(COCC(C)COC(=O)C(C)C)cc1.COC(COCC(C)COC(=O)C(C)C)c1ccccc1. The molecule has 0 amide bonds. The summed E-state index contributed by atoms with van der Waals surface area (Å²) in [5, 5.41) is 19.0. The highest BCUT2D eigenvalue weighted by Crippen LogP contribution is 2.28. The number of rotatable bonds is 57. The quantitative estimate of drug-likeness (QED) is 0.0203. The highest BCUT2D eigenvalue weighted by atomic mass is 79.9. The number of aliphatic hydroxyl groups excluding tert-OH is 2. The third-order valence-corrected chi connectivity index (χ3v) is 22.4. The van der Waals surface area contributed by atoms with Crippen LogP contribution in [-0.2, 0) is 130 Å². The fraction of sp³-hybridized carbons (Fsp3) is 0.589. The first kappa shape index (κ1) is 129. The van der Waals surface area contributed by atoms with Crippen LogP contribution in [0.3, 0.4) is 0 Å². The van der Waals surface area contributed by atoms with E-state index in [0.29, 0.717) is 65.7 Å². The number of carbonyl (C=O) groups is 10. The van der Waals surface area contributed by atoms with E-state index in [1.165, 1.54) is 0 Å². The number of ether oxygens (including phenoxy) is 16. The molecule has 6 aromatic rings. The van der Waals surface area contributed by atoms with Gasteiger partial charge in [0.2, 0.25) is 0 Å². The van der Waals surface area contributed by atoms with Crippen LogP contribution in [0.25, 0.3) is 0 Å². The Bertz CT molecular complexity index is 4330. The molecular formula is C112H167BrO28. The summed E-state index contributed by atoms with van der Waals surface area (Å²) in [6, 6.07) is 57.2. The first-order chi connectivity index (χ1) is 66.8. The maximum Gasteiger partial charge on any atom is 0.320 e. The van der Waals surface area contributed by atoms with Gasteiger partial charge in [0.25, 0.3) is 0 Å². The molecule has 0 aliphatic heterocycles. The number of esters is 10. The van der Waals surface area contributed by atoms with Crippen LogP contribution in [0.2, 0.25) is 0 Å². The molecule has 28 nitrogen and oxygen atoms in total. The minimum Gasteiger partial charge on any atom is -0.465 e. The Kier molecular flexibility index (Phi) is 69.5. The van der Waals surface area contributed by atoms with Crippen LogP contribution in [0.4, 0.5) is 0 Å². The molecule has 0 saturated heterocycles. The number of halogens is 1.